The minimum absolute atomic E-state index is 0.0516. The molecule has 9 heteroatoms. The topological polar surface area (TPSA) is 84.2 Å². The van der Waals surface area contributed by atoms with Gasteiger partial charge in [0.2, 0.25) is 16.0 Å². The number of tetrazole rings is 1. The highest BCUT2D eigenvalue weighted by Gasteiger charge is 2.45. The van der Waals surface area contributed by atoms with E-state index in [-0.39, 0.29) is 10.8 Å². The SMILES string of the molecule is CC1(n2nnnc2N2CCN(S(=O)(=O)C3CC3)CC2)CC1. The van der Waals surface area contributed by atoms with Crippen LogP contribution in [0.15, 0.2) is 0 Å². The molecule has 3 aliphatic rings. The molecule has 1 aliphatic heterocycles. The van der Waals surface area contributed by atoms with Crippen molar-refractivity contribution in [2.75, 3.05) is 31.1 Å². The summed E-state index contributed by atoms with van der Waals surface area (Å²) in [4.78, 5) is 2.10. The summed E-state index contributed by atoms with van der Waals surface area (Å²) in [7, 11) is -3.06. The fourth-order valence-corrected chi connectivity index (χ4v) is 4.67. The minimum Gasteiger partial charge on any atom is -0.337 e. The predicted molar refractivity (Wildman–Crippen MR) is 76.4 cm³/mol. The summed E-state index contributed by atoms with van der Waals surface area (Å²) in [5, 5.41) is 11.9. The summed E-state index contributed by atoms with van der Waals surface area (Å²) in [5.74, 6) is 0.776. The third kappa shape index (κ3) is 2.22. The number of rotatable bonds is 4. The summed E-state index contributed by atoms with van der Waals surface area (Å²) in [6, 6.07) is 0. The molecule has 8 nitrogen and oxygen atoms in total. The van der Waals surface area contributed by atoms with Gasteiger partial charge in [-0.1, -0.05) is 5.10 Å². The molecule has 21 heavy (non-hydrogen) atoms. The van der Waals surface area contributed by atoms with Crippen molar-refractivity contribution in [1.29, 1.82) is 0 Å². The van der Waals surface area contributed by atoms with E-state index < -0.39 is 10.0 Å². The lowest BCUT2D eigenvalue weighted by Crippen LogP contribution is -2.50. The van der Waals surface area contributed by atoms with Gasteiger partial charge in [0.25, 0.3) is 0 Å². The van der Waals surface area contributed by atoms with Crippen LogP contribution in [0.1, 0.15) is 32.6 Å². The monoisotopic (exact) mass is 312 g/mol. The molecule has 116 valence electrons. The zero-order chi connectivity index (χ0) is 14.7. The second-order valence-corrected chi connectivity index (χ2v) is 8.73. The van der Waals surface area contributed by atoms with Crippen molar-refractivity contribution in [2.45, 2.75) is 43.4 Å². The van der Waals surface area contributed by atoms with E-state index >= 15 is 0 Å². The van der Waals surface area contributed by atoms with Crippen LogP contribution < -0.4 is 4.90 Å². The Morgan fingerprint density at radius 1 is 1.14 bits per heavy atom. The van der Waals surface area contributed by atoms with Crippen molar-refractivity contribution in [3.63, 3.8) is 0 Å². The first-order valence-electron chi connectivity index (χ1n) is 7.53. The van der Waals surface area contributed by atoms with Crippen LogP contribution in [0, 0.1) is 0 Å². The molecule has 2 aliphatic carbocycles. The number of anilines is 1. The molecule has 0 radical (unpaired) electrons. The Bertz CT molecular complexity index is 640. The second-order valence-electron chi connectivity index (χ2n) is 6.52. The standard InChI is InChI=1S/C12H20N6O2S/c1-12(4-5-12)18-11(13-14-15-18)16-6-8-17(9-7-16)21(19,20)10-2-3-10/h10H,2-9H2,1H3. The summed E-state index contributed by atoms with van der Waals surface area (Å²) >= 11 is 0. The molecule has 1 aromatic rings. The molecule has 4 rings (SSSR count). The lowest BCUT2D eigenvalue weighted by atomic mass is 10.3. The van der Waals surface area contributed by atoms with Gasteiger partial charge in [-0.25, -0.2) is 13.1 Å². The Labute approximate surface area is 124 Å². The van der Waals surface area contributed by atoms with Crippen LogP contribution in [0.5, 0.6) is 0 Å². The first-order valence-corrected chi connectivity index (χ1v) is 9.04. The van der Waals surface area contributed by atoms with Crippen LogP contribution in [0.4, 0.5) is 5.95 Å². The van der Waals surface area contributed by atoms with Crippen LogP contribution in [0.25, 0.3) is 0 Å². The Hall–Kier alpha value is -1.22. The van der Waals surface area contributed by atoms with Crippen molar-refractivity contribution in [3.05, 3.63) is 0 Å². The smallest absolute Gasteiger partial charge is 0.246 e. The van der Waals surface area contributed by atoms with Crippen molar-refractivity contribution in [3.8, 4) is 0 Å². The number of sulfonamides is 1. The Kier molecular flexibility index (Phi) is 2.81. The van der Waals surface area contributed by atoms with Gasteiger partial charge in [-0.15, -0.1) is 0 Å². The highest BCUT2D eigenvalue weighted by atomic mass is 32.2. The van der Waals surface area contributed by atoms with E-state index in [1.165, 1.54) is 0 Å². The van der Waals surface area contributed by atoms with E-state index in [1.54, 1.807) is 4.31 Å². The predicted octanol–water partition coefficient (Wildman–Crippen LogP) is -0.204. The second kappa shape index (κ2) is 4.39. The number of piperazine rings is 1. The number of nitrogens with zero attached hydrogens (tertiary/aromatic N) is 6. The number of aromatic nitrogens is 4. The average molecular weight is 312 g/mol. The summed E-state index contributed by atoms with van der Waals surface area (Å²) in [6.45, 7) is 4.52. The molecule has 0 N–H and O–H groups in total. The van der Waals surface area contributed by atoms with Crippen molar-refractivity contribution >= 4 is 16.0 Å². The maximum atomic E-state index is 12.2. The van der Waals surface area contributed by atoms with Gasteiger partial charge in [-0.05, 0) is 43.0 Å². The van der Waals surface area contributed by atoms with Gasteiger partial charge in [0.05, 0.1) is 10.8 Å². The molecule has 0 bridgehead atoms. The molecule has 2 heterocycles. The van der Waals surface area contributed by atoms with Gasteiger partial charge in [0.1, 0.15) is 0 Å². The molecule has 0 amide bonds. The molecule has 2 saturated carbocycles. The quantitative estimate of drug-likeness (QED) is 0.765. The molecule has 0 atom stereocenters. The summed E-state index contributed by atoms with van der Waals surface area (Å²) in [6.07, 6.45) is 3.83. The highest BCUT2D eigenvalue weighted by molar-refractivity contribution is 7.90. The molecule has 0 unspecified atom stereocenters. The normalized spacial score (nSPS) is 26.0. The van der Waals surface area contributed by atoms with Crippen LogP contribution in [-0.2, 0) is 15.6 Å². The molecular formula is C12H20N6O2S. The van der Waals surface area contributed by atoms with E-state index in [0.29, 0.717) is 26.2 Å². The average Bonchev–Trinajstić information content (AvgIpc) is 3.40. The molecule has 1 saturated heterocycles. The zero-order valence-electron chi connectivity index (χ0n) is 12.1. The molecular weight excluding hydrogens is 292 g/mol. The maximum absolute atomic E-state index is 12.2. The van der Waals surface area contributed by atoms with Crippen molar-refractivity contribution in [1.82, 2.24) is 24.5 Å². The van der Waals surface area contributed by atoms with Gasteiger partial charge < -0.3 is 4.90 Å². The first-order chi connectivity index (χ1) is 10.0. The van der Waals surface area contributed by atoms with Gasteiger partial charge in [-0.3, -0.25) is 0 Å². The third-order valence-corrected chi connectivity index (χ3v) is 7.16. The largest absolute Gasteiger partial charge is 0.337 e. The Morgan fingerprint density at radius 3 is 2.38 bits per heavy atom. The number of hydrogen-bond acceptors (Lipinski definition) is 6. The maximum Gasteiger partial charge on any atom is 0.246 e. The van der Waals surface area contributed by atoms with Gasteiger partial charge in [0, 0.05) is 26.2 Å². The molecule has 0 spiro atoms. The minimum atomic E-state index is -3.06. The van der Waals surface area contributed by atoms with E-state index in [4.69, 9.17) is 0 Å². The highest BCUT2D eigenvalue weighted by Crippen LogP contribution is 2.44. The fourth-order valence-electron chi connectivity index (χ4n) is 2.84. The molecule has 1 aromatic heterocycles. The molecule has 3 fully saturated rings. The lowest BCUT2D eigenvalue weighted by Gasteiger charge is -2.34. The van der Waals surface area contributed by atoms with Crippen molar-refractivity contribution in [2.24, 2.45) is 0 Å². The van der Waals surface area contributed by atoms with Gasteiger partial charge in [-0.2, -0.15) is 4.31 Å². The summed E-state index contributed by atoms with van der Waals surface area (Å²) < 4.78 is 28.0. The Morgan fingerprint density at radius 2 is 1.81 bits per heavy atom. The Balaban J connectivity index is 1.47. The van der Waals surface area contributed by atoms with E-state index in [2.05, 4.69) is 27.3 Å². The summed E-state index contributed by atoms with van der Waals surface area (Å²) in [5.41, 5.74) is 0.0516. The van der Waals surface area contributed by atoms with Crippen LogP contribution >= 0.6 is 0 Å². The fraction of sp³-hybridized carbons (Fsp3) is 0.917. The van der Waals surface area contributed by atoms with Gasteiger partial charge in [0.15, 0.2) is 0 Å². The molecule has 0 aromatic carbocycles. The van der Waals surface area contributed by atoms with Crippen LogP contribution in [-0.4, -0.2) is 64.4 Å². The van der Waals surface area contributed by atoms with E-state index in [0.717, 1.165) is 31.6 Å². The van der Waals surface area contributed by atoms with E-state index in [1.807, 2.05) is 4.68 Å². The van der Waals surface area contributed by atoms with E-state index in [9.17, 15) is 8.42 Å². The van der Waals surface area contributed by atoms with Crippen molar-refractivity contribution < 1.29 is 8.42 Å². The zero-order valence-corrected chi connectivity index (χ0v) is 13.0. The van der Waals surface area contributed by atoms with Crippen LogP contribution in [0.3, 0.4) is 0 Å². The van der Waals surface area contributed by atoms with Crippen LogP contribution in [0.2, 0.25) is 0 Å². The number of hydrogen-bond donors (Lipinski definition) is 0. The first kappa shape index (κ1) is 13.4. The third-order valence-electron chi connectivity index (χ3n) is 4.76. The lowest BCUT2D eigenvalue weighted by molar-refractivity contribution is 0.373. The van der Waals surface area contributed by atoms with Gasteiger partial charge >= 0.3 is 0 Å².